The van der Waals surface area contributed by atoms with Gasteiger partial charge in [0.1, 0.15) is 18.1 Å². The Balaban J connectivity index is 1.50. The number of carbonyl (C=O) groups excluding carboxylic acids is 1. The molecule has 1 amide bonds. The predicted octanol–water partition coefficient (Wildman–Crippen LogP) is 4.22. The molecule has 3 aromatic carbocycles. The smallest absolute Gasteiger partial charge is 0.280 e. The van der Waals surface area contributed by atoms with Gasteiger partial charge in [0.15, 0.2) is 5.13 Å². The van der Waals surface area contributed by atoms with Crippen molar-refractivity contribution in [2.45, 2.75) is 20.1 Å². The van der Waals surface area contributed by atoms with E-state index < -0.39 is 15.9 Å². The number of thiol groups is 1. The van der Waals surface area contributed by atoms with Crippen LogP contribution in [0.25, 0.3) is 0 Å². The first-order valence-electron chi connectivity index (χ1n) is 12.3. The van der Waals surface area contributed by atoms with Gasteiger partial charge in [-0.25, -0.2) is 4.98 Å². The van der Waals surface area contributed by atoms with Gasteiger partial charge < -0.3 is 14.4 Å². The number of nitrogens with zero attached hydrogens (tertiary/aromatic N) is 2. The topological polar surface area (TPSA) is 80.8 Å². The van der Waals surface area contributed by atoms with Crippen LogP contribution in [0.4, 0.5) is 10.8 Å². The first-order valence-corrected chi connectivity index (χ1v) is 15.7. The average molecular weight is 550 g/mol. The van der Waals surface area contributed by atoms with E-state index >= 15 is 0 Å². The summed E-state index contributed by atoms with van der Waals surface area (Å²) in [4.78, 5) is 20.2. The van der Waals surface area contributed by atoms with Gasteiger partial charge >= 0.3 is 0 Å². The van der Waals surface area contributed by atoms with E-state index in [1.165, 1.54) is 24.7 Å². The Labute approximate surface area is 229 Å². The molecule has 10 heteroatoms. The van der Waals surface area contributed by atoms with E-state index in [2.05, 4.69) is 26.7 Å². The van der Waals surface area contributed by atoms with E-state index in [0.29, 0.717) is 37.2 Å². The Morgan fingerprint density at radius 3 is 2.37 bits per heavy atom. The quantitative estimate of drug-likeness (QED) is 0.157. The maximum absolute atomic E-state index is 12.7. The Morgan fingerprint density at radius 2 is 1.68 bits per heavy atom. The summed E-state index contributed by atoms with van der Waals surface area (Å²) < 4.78 is 26.5. The fraction of sp³-hybridized carbons (Fsp3) is 0.214. The second kappa shape index (κ2) is 12.9. The summed E-state index contributed by atoms with van der Waals surface area (Å²) in [6.07, 6.45) is 1.52. The van der Waals surface area contributed by atoms with E-state index in [9.17, 15) is 9.00 Å². The molecule has 7 nitrogen and oxygen atoms in total. The number of nitrogens with one attached hydrogen (secondary N) is 1. The Kier molecular flexibility index (Phi) is 9.33. The second-order valence-electron chi connectivity index (χ2n) is 9.15. The molecule has 0 bridgehead atoms. The SMILES string of the molecule is B[SH](C)(=O)NC(=O)c1nc(N(Cc2ccccc2)c2cccc(OCCOCc3ccccc3)c2)sc1C. The lowest BCUT2D eigenvalue weighted by Crippen LogP contribution is -2.35. The van der Waals surface area contributed by atoms with Gasteiger partial charge in [-0.15, -0.1) is 11.3 Å². The highest BCUT2D eigenvalue weighted by atomic mass is 32.2. The van der Waals surface area contributed by atoms with Gasteiger partial charge in [-0.1, -0.05) is 76.7 Å². The van der Waals surface area contributed by atoms with Crippen LogP contribution in [0.15, 0.2) is 84.9 Å². The molecular weight excluding hydrogens is 517 g/mol. The Morgan fingerprint density at radius 1 is 1.00 bits per heavy atom. The number of hydrogen-bond acceptors (Lipinski definition) is 7. The minimum atomic E-state index is -2.75. The van der Waals surface area contributed by atoms with Crippen molar-refractivity contribution < 1.29 is 18.5 Å². The van der Waals surface area contributed by atoms with Gasteiger partial charge in [0.2, 0.25) is 7.12 Å². The first-order chi connectivity index (χ1) is 18.3. The third-order valence-corrected chi connectivity index (χ3v) is 7.26. The molecule has 0 aliphatic heterocycles. The lowest BCUT2D eigenvalue weighted by molar-refractivity contribution is 0.0889. The summed E-state index contributed by atoms with van der Waals surface area (Å²) in [5.74, 6) is 0.290. The van der Waals surface area contributed by atoms with Gasteiger partial charge in [-0.2, -0.15) is 0 Å². The average Bonchev–Trinajstić information content (AvgIpc) is 3.29. The summed E-state index contributed by atoms with van der Waals surface area (Å²) >= 11 is 1.42. The van der Waals surface area contributed by atoms with Crippen LogP contribution in [0.3, 0.4) is 0 Å². The number of thiazole rings is 1. The van der Waals surface area contributed by atoms with Crippen LogP contribution in [-0.4, -0.2) is 41.7 Å². The zero-order valence-electron chi connectivity index (χ0n) is 21.8. The standard InChI is InChI=1S/C28H32BN3O4S2/c1-21-26(27(33)31-38(2,29)34)30-28(37-21)32(19-22-10-5-3-6-11-22)24-14-9-15-25(18-24)36-17-16-35-20-23-12-7-4-8-13-23/h3-15,18,38H,16-17,19-20,29H2,1-2H3,(H,31,33,34). The molecule has 0 fully saturated rings. The third kappa shape index (κ3) is 8.02. The van der Waals surface area contributed by atoms with E-state index in [0.717, 1.165) is 21.7 Å². The van der Waals surface area contributed by atoms with Crippen LogP contribution in [0.1, 0.15) is 26.5 Å². The summed E-state index contributed by atoms with van der Waals surface area (Å²) in [6.45, 7) is 3.83. The van der Waals surface area contributed by atoms with E-state index in [1.807, 2.05) is 79.7 Å². The lowest BCUT2D eigenvalue weighted by atomic mass is 10.2. The minimum absolute atomic E-state index is 0.287. The molecule has 1 heterocycles. The molecule has 0 spiro atoms. The van der Waals surface area contributed by atoms with E-state index in [-0.39, 0.29) is 5.69 Å². The molecule has 1 N–H and O–H groups in total. The largest absolute Gasteiger partial charge is 0.491 e. The first kappa shape index (κ1) is 27.6. The normalized spacial score (nSPS) is 11.6. The van der Waals surface area contributed by atoms with Crippen molar-refractivity contribution in [3.8, 4) is 5.75 Å². The predicted molar refractivity (Wildman–Crippen MR) is 159 cm³/mol. The number of rotatable bonds is 12. The molecule has 0 saturated carbocycles. The molecule has 0 aliphatic rings. The number of amides is 1. The molecule has 0 aliphatic carbocycles. The summed E-state index contributed by atoms with van der Waals surface area (Å²) in [5, 5.41) is 0.668. The fourth-order valence-corrected chi connectivity index (χ4v) is 5.29. The molecule has 1 aromatic heterocycles. The van der Waals surface area contributed by atoms with Crippen LogP contribution >= 0.6 is 11.3 Å². The number of ether oxygens (including phenoxy) is 2. The van der Waals surface area contributed by atoms with Gasteiger partial charge in [0, 0.05) is 16.6 Å². The molecule has 0 radical (unpaired) electrons. The zero-order chi connectivity index (χ0) is 27.0. The van der Waals surface area contributed by atoms with Gasteiger partial charge in [0.05, 0.1) is 19.8 Å². The number of carbonyl (C=O) groups is 1. The van der Waals surface area contributed by atoms with Crippen molar-refractivity contribution in [1.82, 2.24) is 9.71 Å². The molecule has 0 saturated heterocycles. The summed E-state index contributed by atoms with van der Waals surface area (Å²) in [7, 11) is -1.23. The van der Waals surface area contributed by atoms with E-state index in [1.54, 1.807) is 0 Å². The van der Waals surface area contributed by atoms with Crippen LogP contribution in [-0.2, 0) is 27.9 Å². The molecule has 4 rings (SSSR count). The van der Waals surface area contributed by atoms with Crippen molar-refractivity contribution in [2.24, 2.45) is 0 Å². The van der Waals surface area contributed by atoms with Crippen LogP contribution in [0, 0.1) is 6.92 Å². The minimum Gasteiger partial charge on any atom is -0.491 e. The lowest BCUT2D eigenvalue weighted by Gasteiger charge is -2.23. The highest BCUT2D eigenvalue weighted by molar-refractivity contribution is 8.20. The highest BCUT2D eigenvalue weighted by Gasteiger charge is 2.22. The molecule has 198 valence electrons. The van der Waals surface area contributed by atoms with Crippen LogP contribution in [0.2, 0.25) is 0 Å². The van der Waals surface area contributed by atoms with Crippen molar-refractivity contribution in [3.05, 3.63) is 107 Å². The highest BCUT2D eigenvalue weighted by Crippen LogP contribution is 2.34. The fourth-order valence-electron chi connectivity index (χ4n) is 3.77. The second-order valence-corrected chi connectivity index (χ2v) is 13.3. The molecule has 0 unspecified atom stereocenters. The van der Waals surface area contributed by atoms with Crippen molar-refractivity contribution in [3.63, 3.8) is 0 Å². The number of hydrogen-bond donors (Lipinski definition) is 2. The van der Waals surface area contributed by atoms with Crippen molar-refractivity contribution in [2.75, 3.05) is 24.4 Å². The molecule has 4 aromatic rings. The van der Waals surface area contributed by atoms with Gasteiger partial charge in [-0.3, -0.25) is 13.7 Å². The maximum Gasteiger partial charge on any atom is 0.280 e. The summed E-state index contributed by atoms with van der Waals surface area (Å²) in [5.41, 5.74) is 3.39. The number of aryl methyl sites for hydroxylation is 1. The molecular formula is C28H32BN3O4S2. The Hall–Kier alpha value is -3.47. The monoisotopic (exact) mass is 549 g/mol. The number of anilines is 2. The van der Waals surface area contributed by atoms with Crippen LogP contribution < -0.4 is 14.4 Å². The van der Waals surface area contributed by atoms with Gasteiger partial charge in [0.25, 0.3) is 5.91 Å². The number of benzene rings is 3. The zero-order valence-corrected chi connectivity index (χ0v) is 23.5. The summed E-state index contributed by atoms with van der Waals surface area (Å²) in [6, 6.07) is 27.9. The van der Waals surface area contributed by atoms with Gasteiger partial charge in [-0.05, 0) is 36.4 Å². The Bertz CT molecular complexity index is 1390. The number of aromatic nitrogens is 1. The third-order valence-electron chi connectivity index (χ3n) is 5.52. The van der Waals surface area contributed by atoms with E-state index in [4.69, 9.17) is 9.47 Å². The maximum atomic E-state index is 12.7. The molecule has 38 heavy (non-hydrogen) atoms. The van der Waals surface area contributed by atoms with Crippen molar-refractivity contribution in [1.29, 1.82) is 0 Å². The molecule has 0 atom stereocenters. The van der Waals surface area contributed by atoms with Crippen LogP contribution in [0.5, 0.6) is 5.75 Å². The van der Waals surface area contributed by atoms with Crippen molar-refractivity contribution >= 4 is 45.2 Å².